The fourth-order valence-corrected chi connectivity index (χ4v) is 10.6. The Hall–Kier alpha value is -8.38. The highest BCUT2D eigenvalue weighted by Gasteiger charge is 2.49. The Labute approximate surface area is 378 Å². The molecule has 13 rings (SSSR count). The van der Waals surface area contributed by atoms with Crippen molar-refractivity contribution in [3.8, 4) is 33.6 Å². The molecular weight excluding hydrogens is 885 g/mol. The number of benzene rings is 9. The normalized spacial score (nSPS) is 12.7. The van der Waals surface area contributed by atoms with Crippen molar-refractivity contribution in [3.05, 3.63) is 193 Å². The van der Waals surface area contributed by atoms with Crippen LogP contribution in [0.2, 0.25) is 0 Å². The highest BCUT2D eigenvalue weighted by Crippen LogP contribution is 2.57. The van der Waals surface area contributed by atoms with E-state index in [-0.39, 0.29) is 33.2 Å². The van der Waals surface area contributed by atoms with Crippen LogP contribution in [0.1, 0.15) is 11.1 Å². The Bertz CT molecular complexity index is 4200. The van der Waals surface area contributed by atoms with Crippen LogP contribution in [0.25, 0.3) is 121 Å². The summed E-state index contributed by atoms with van der Waals surface area (Å²) in [6.07, 6.45) is -11.1. The summed E-state index contributed by atoms with van der Waals surface area (Å²) in [5.41, 5.74) is -5.23. The summed E-state index contributed by atoms with van der Waals surface area (Å²) in [5, 5.41) is 4.02. The monoisotopic (exact) mass is 912 g/mol. The van der Waals surface area contributed by atoms with Gasteiger partial charge in [0.1, 0.15) is 34.0 Å². The molecule has 0 aliphatic heterocycles. The number of nitrogens with zero attached hydrogens (tertiary/aromatic N) is 2. The van der Waals surface area contributed by atoms with Gasteiger partial charge in [0, 0.05) is 54.2 Å². The van der Waals surface area contributed by atoms with E-state index < -0.39 is 57.6 Å². The van der Waals surface area contributed by atoms with Crippen LogP contribution in [-0.2, 0) is 12.4 Å². The molecule has 4 aromatic heterocycles. The summed E-state index contributed by atoms with van der Waals surface area (Å²) in [6, 6.07) is 42.2. The highest BCUT2D eigenvalue weighted by atomic mass is 19.4. The van der Waals surface area contributed by atoms with Crippen LogP contribution < -0.4 is 0 Å². The van der Waals surface area contributed by atoms with E-state index in [1.54, 1.807) is 91.0 Å². The molecule has 0 atom stereocenters. The molecule has 4 heterocycles. The minimum Gasteiger partial charge on any atom is -0.456 e. The number of rotatable bonds is 4. The lowest BCUT2D eigenvalue weighted by molar-refractivity contribution is -0.142. The molecule has 4 nitrogen and oxygen atoms in total. The van der Waals surface area contributed by atoms with Crippen LogP contribution in [0.5, 0.6) is 0 Å². The smallest absolute Gasteiger partial charge is 0.419 e. The third-order valence-corrected chi connectivity index (χ3v) is 13.0. The molecule has 0 saturated heterocycles. The van der Waals surface area contributed by atoms with Gasteiger partial charge in [0.05, 0.1) is 44.6 Å². The first-order valence-electron chi connectivity index (χ1n) is 21.4. The standard InChI is InChI=1S/C56H28F8N2O2/c57-31-13-9-11-29(27-31)45-51(55(59,60)61)54(66-38-20-6-2-16-34(38)48-40(66)24-26-44-50(48)36-18-4-8-22-42(36)68-44)52(56(62,63)64)46(30-12-10-14-32(58)28-30)53(45)65-37-19-5-1-15-33(37)47-39(65)23-25-43-49(47)35-17-3-7-21-41(35)67-43/h1-28H. The molecule has 12 heteroatoms. The Balaban J connectivity index is 1.34. The van der Waals surface area contributed by atoms with Crippen molar-refractivity contribution in [2.24, 2.45) is 0 Å². The molecule has 330 valence electrons. The maximum atomic E-state index is 17.1. The second-order valence-corrected chi connectivity index (χ2v) is 16.8. The van der Waals surface area contributed by atoms with Gasteiger partial charge in [-0.25, -0.2) is 8.78 Å². The van der Waals surface area contributed by atoms with Crippen molar-refractivity contribution < 1.29 is 44.0 Å². The van der Waals surface area contributed by atoms with Crippen LogP contribution in [-0.4, -0.2) is 9.13 Å². The molecule has 0 bridgehead atoms. The Morgan fingerprint density at radius 2 is 0.735 bits per heavy atom. The molecule has 0 saturated carbocycles. The summed E-state index contributed by atoms with van der Waals surface area (Å²) in [6.45, 7) is 0. The van der Waals surface area contributed by atoms with Crippen LogP contribution in [0, 0.1) is 11.6 Å². The van der Waals surface area contributed by atoms with Crippen LogP contribution in [0.15, 0.2) is 179 Å². The molecule has 0 amide bonds. The summed E-state index contributed by atoms with van der Waals surface area (Å²) in [5.74, 6) is -1.87. The van der Waals surface area contributed by atoms with E-state index in [0.717, 1.165) is 28.8 Å². The van der Waals surface area contributed by atoms with E-state index in [0.29, 0.717) is 65.4 Å². The molecule has 0 aliphatic carbocycles. The first-order valence-corrected chi connectivity index (χ1v) is 21.4. The Kier molecular flexibility index (Phi) is 8.26. The average Bonchev–Trinajstić information content (AvgIpc) is 4.07. The predicted octanol–water partition coefficient (Wildman–Crippen LogP) is 17.3. The zero-order valence-corrected chi connectivity index (χ0v) is 34.9. The number of aromatic nitrogens is 2. The fourth-order valence-electron chi connectivity index (χ4n) is 10.6. The molecule has 0 spiro atoms. The molecular formula is C56H28F8N2O2. The first kappa shape index (κ1) is 39.9. The number of para-hydroxylation sites is 4. The van der Waals surface area contributed by atoms with E-state index in [4.69, 9.17) is 8.83 Å². The maximum absolute atomic E-state index is 17.1. The van der Waals surface area contributed by atoms with Gasteiger partial charge in [-0.3, -0.25) is 0 Å². The summed E-state index contributed by atoms with van der Waals surface area (Å²) >= 11 is 0. The van der Waals surface area contributed by atoms with Gasteiger partial charge in [0.2, 0.25) is 0 Å². The second-order valence-electron chi connectivity index (χ2n) is 16.8. The van der Waals surface area contributed by atoms with Gasteiger partial charge in [0.25, 0.3) is 0 Å². The molecule has 0 unspecified atom stereocenters. The minimum atomic E-state index is -5.57. The number of hydrogen-bond acceptors (Lipinski definition) is 2. The Morgan fingerprint density at radius 3 is 1.16 bits per heavy atom. The number of alkyl halides is 6. The molecule has 0 N–H and O–H groups in total. The number of halogens is 8. The molecule has 9 aromatic carbocycles. The lowest BCUT2D eigenvalue weighted by Gasteiger charge is -2.31. The molecule has 0 aliphatic rings. The summed E-state index contributed by atoms with van der Waals surface area (Å²) in [7, 11) is 0. The third-order valence-electron chi connectivity index (χ3n) is 13.0. The summed E-state index contributed by atoms with van der Waals surface area (Å²) in [4.78, 5) is 0. The lowest BCUT2D eigenvalue weighted by atomic mass is 9.85. The molecule has 13 aromatic rings. The number of fused-ring (bicyclic) bond motifs is 14. The molecule has 0 fully saturated rings. The van der Waals surface area contributed by atoms with Crippen LogP contribution in [0.3, 0.4) is 0 Å². The van der Waals surface area contributed by atoms with Gasteiger partial charge < -0.3 is 18.0 Å². The molecule has 68 heavy (non-hydrogen) atoms. The van der Waals surface area contributed by atoms with Crippen LogP contribution >= 0.6 is 0 Å². The third kappa shape index (κ3) is 5.60. The molecule has 0 radical (unpaired) electrons. The van der Waals surface area contributed by atoms with E-state index in [1.165, 1.54) is 53.1 Å². The number of hydrogen-bond donors (Lipinski definition) is 0. The summed E-state index contributed by atoms with van der Waals surface area (Å²) < 4.78 is 149. The highest BCUT2D eigenvalue weighted by molar-refractivity contribution is 6.29. The van der Waals surface area contributed by atoms with Crippen LogP contribution in [0.4, 0.5) is 35.1 Å². The lowest BCUT2D eigenvalue weighted by Crippen LogP contribution is -2.23. The van der Waals surface area contributed by atoms with Crippen molar-refractivity contribution in [3.63, 3.8) is 0 Å². The predicted molar refractivity (Wildman–Crippen MR) is 250 cm³/mol. The van der Waals surface area contributed by atoms with Gasteiger partial charge in [-0.2, -0.15) is 26.3 Å². The van der Waals surface area contributed by atoms with Gasteiger partial charge in [0.15, 0.2) is 0 Å². The van der Waals surface area contributed by atoms with E-state index >= 15 is 35.1 Å². The maximum Gasteiger partial charge on any atom is 0.419 e. The van der Waals surface area contributed by atoms with Gasteiger partial charge >= 0.3 is 12.4 Å². The number of furan rings is 2. The van der Waals surface area contributed by atoms with Gasteiger partial charge in [-0.1, -0.05) is 97.1 Å². The first-order chi connectivity index (χ1) is 32.9. The van der Waals surface area contributed by atoms with Gasteiger partial charge in [-0.15, -0.1) is 0 Å². The van der Waals surface area contributed by atoms with Crippen molar-refractivity contribution in [1.82, 2.24) is 9.13 Å². The van der Waals surface area contributed by atoms with E-state index in [2.05, 4.69) is 0 Å². The quantitative estimate of drug-likeness (QED) is 0.165. The topological polar surface area (TPSA) is 36.1 Å². The van der Waals surface area contributed by atoms with E-state index in [1.807, 2.05) is 6.07 Å². The second kappa shape index (κ2) is 14.1. The van der Waals surface area contributed by atoms with Crippen molar-refractivity contribution in [2.75, 3.05) is 0 Å². The minimum absolute atomic E-state index is 0.00970. The zero-order chi connectivity index (χ0) is 46.4. The van der Waals surface area contributed by atoms with Crippen molar-refractivity contribution in [2.45, 2.75) is 12.4 Å². The largest absolute Gasteiger partial charge is 0.456 e. The van der Waals surface area contributed by atoms with Crippen molar-refractivity contribution in [1.29, 1.82) is 0 Å². The fraction of sp³-hybridized carbons (Fsp3) is 0.0357. The van der Waals surface area contributed by atoms with E-state index in [9.17, 15) is 0 Å². The Morgan fingerprint density at radius 1 is 0.338 bits per heavy atom. The zero-order valence-electron chi connectivity index (χ0n) is 34.9. The van der Waals surface area contributed by atoms with Crippen molar-refractivity contribution >= 4 is 87.5 Å². The SMILES string of the molecule is Fc1cccc(-c2c(-n3c4ccccc4c4c5c(ccc43)oc3ccccc35)c(-c3cccc(F)c3)c(C(F)(F)F)c(-n3c4ccccc4c4c5c(ccc43)oc3ccccc35)c2C(F)(F)F)c1. The van der Waals surface area contributed by atoms with Gasteiger partial charge in [-0.05, 0) is 83.9 Å². The average molecular weight is 913 g/mol.